The van der Waals surface area contributed by atoms with Crippen LogP contribution < -0.4 is 10.2 Å². The summed E-state index contributed by atoms with van der Waals surface area (Å²) in [5.74, 6) is 1.07. The number of allylic oxidation sites excluding steroid dienone is 5. The molecule has 0 saturated carbocycles. The van der Waals surface area contributed by atoms with Crippen LogP contribution in [0, 0.1) is 0 Å². The number of amides is 1. The van der Waals surface area contributed by atoms with Crippen molar-refractivity contribution in [1.82, 2.24) is 0 Å². The van der Waals surface area contributed by atoms with E-state index < -0.39 is 0 Å². The topological polar surface area (TPSA) is 52.4 Å². The van der Waals surface area contributed by atoms with Gasteiger partial charge < -0.3 is 10.2 Å². The van der Waals surface area contributed by atoms with Crippen LogP contribution in [0.25, 0.3) is 0 Å². The van der Waals surface area contributed by atoms with E-state index in [4.69, 9.17) is 0 Å². The van der Waals surface area contributed by atoms with E-state index in [1.807, 2.05) is 30.3 Å². The minimum atomic E-state index is -0.210. The molecule has 1 N–H and O–H groups in total. The Morgan fingerprint density at radius 1 is 0.833 bits per heavy atom. The first-order chi connectivity index (χ1) is 23.1. The number of rotatable bonds is 12. The van der Waals surface area contributed by atoms with Crippen LogP contribution in [0.3, 0.4) is 0 Å². The number of Topliss-reactive ketones (excluding diaryl/α,β-unsaturated/α-hetero) is 1. The van der Waals surface area contributed by atoms with Crippen molar-refractivity contribution < 1.29 is 14.2 Å². The summed E-state index contributed by atoms with van der Waals surface area (Å²) in [6.45, 7) is 15.1. The maximum atomic E-state index is 14.2. The van der Waals surface area contributed by atoms with E-state index >= 15 is 0 Å². The standard InChI is InChI=1S/C42H47N3O2S/c1-7-44-34-23-16-14-21-32(34)41(3,4)36(44)27-30-39(47)31(28-37-42(5,6)33-22-15-17-24-35(33)45(37)8-2)40(30)48-26-18-10-13-25-38(46)43-29-19-11-9-12-20-29/h9,11-12,14-17,19-24,27-28H,7-8,10,13,18,25-26H2,1-6H3/p+1. The van der Waals surface area contributed by atoms with Crippen molar-refractivity contribution in [3.05, 3.63) is 124 Å². The van der Waals surface area contributed by atoms with Gasteiger partial charge in [-0.05, 0) is 76.1 Å². The lowest BCUT2D eigenvalue weighted by molar-refractivity contribution is -0.433. The number of para-hydroxylation sites is 3. The number of nitrogens with zero attached hydrogens (tertiary/aromatic N) is 2. The van der Waals surface area contributed by atoms with Gasteiger partial charge >= 0.3 is 0 Å². The minimum Gasteiger partial charge on any atom is -0.344 e. The predicted octanol–water partition coefficient (Wildman–Crippen LogP) is 9.48. The maximum absolute atomic E-state index is 14.2. The van der Waals surface area contributed by atoms with Crippen LogP contribution in [0.15, 0.2) is 113 Å². The third-order valence-electron chi connectivity index (χ3n) is 10.1. The van der Waals surface area contributed by atoms with Gasteiger partial charge in [0.15, 0.2) is 11.5 Å². The lowest BCUT2D eigenvalue weighted by atomic mass is 9.78. The van der Waals surface area contributed by atoms with E-state index in [1.165, 1.54) is 33.9 Å². The number of carbonyl (C=O) groups excluding carboxylic acids is 2. The summed E-state index contributed by atoms with van der Waals surface area (Å²) in [5, 5.41) is 2.98. The summed E-state index contributed by atoms with van der Waals surface area (Å²) in [6, 6.07) is 26.8. The molecule has 48 heavy (non-hydrogen) atoms. The van der Waals surface area contributed by atoms with Crippen LogP contribution in [-0.4, -0.2) is 40.8 Å². The molecule has 0 saturated heterocycles. The van der Waals surface area contributed by atoms with Gasteiger partial charge in [0.2, 0.25) is 11.6 Å². The number of likely N-dealkylation sites (N-methyl/N-ethyl adjacent to an activating group) is 1. The lowest BCUT2D eigenvalue weighted by Gasteiger charge is -2.30. The molecular formula is C42H48N3O2S+. The molecule has 0 bridgehead atoms. The van der Waals surface area contributed by atoms with Gasteiger partial charge in [0, 0.05) is 69.2 Å². The average Bonchev–Trinajstić information content (AvgIpc) is 3.44. The van der Waals surface area contributed by atoms with E-state index in [1.54, 1.807) is 11.8 Å². The monoisotopic (exact) mass is 658 g/mol. The first-order valence-electron chi connectivity index (χ1n) is 17.4. The fraction of sp³-hybridized carbons (Fsp3) is 0.357. The second kappa shape index (κ2) is 13.8. The number of anilines is 2. The minimum absolute atomic E-state index is 0.0543. The Morgan fingerprint density at radius 3 is 2.25 bits per heavy atom. The molecule has 3 aliphatic rings. The average molecular weight is 659 g/mol. The first-order valence-corrected chi connectivity index (χ1v) is 18.4. The molecule has 0 radical (unpaired) electrons. The second-order valence-corrected chi connectivity index (χ2v) is 15.0. The van der Waals surface area contributed by atoms with Crippen molar-refractivity contribution in [2.24, 2.45) is 0 Å². The third-order valence-corrected chi connectivity index (χ3v) is 11.3. The number of ketones is 1. The van der Waals surface area contributed by atoms with Gasteiger partial charge in [0.1, 0.15) is 6.54 Å². The zero-order valence-corrected chi connectivity index (χ0v) is 30.0. The Balaban J connectivity index is 1.26. The van der Waals surface area contributed by atoms with E-state index in [-0.39, 0.29) is 22.5 Å². The van der Waals surface area contributed by atoms with Crippen molar-refractivity contribution in [3.63, 3.8) is 0 Å². The summed E-state index contributed by atoms with van der Waals surface area (Å²) < 4.78 is 2.37. The van der Waals surface area contributed by atoms with Gasteiger partial charge in [-0.1, -0.05) is 74.9 Å². The molecule has 0 fully saturated rings. The Kier molecular flexibility index (Phi) is 9.67. The number of hydrogen-bond donors (Lipinski definition) is 1. The molecule has 1 aliphatic carbocycles. The van der Waals surface area contributed by atoms with Gasteiger partial charge in [-0.3, -0.25) is 9.59 Å². The smallest absolute Gasteiger partial charge is 0.224 e. The third kappa shape index (κ3) is 6.11. The number of hydrogen-bond acceptors (Lipinski definition) is 4. The number of nitrogens with one attached hydrogen (secondary N) is 1. The van der Waals surface area contributed by atoms with Crippen molar-refractivity contribution in [3.8, 4) is 0 Å². The Hall–Kier alpha value is -4.16. The Labute approximate surface area is 290 Å². The fourth-order valence-electron chi connectivity index (χ4n) is 7.49. The van der Waals surface area contributed by atoms with Gasteiger partial charge in [-0.15, -0.1) is 11.8 Å². The molecule has 0 spiro atoms. The van der Waals surface area contributed by atoms with E-state index in [9.17, 15) is 9.59 Å². The molecule has 2 heterocycles. The quantitative estimate of drug-likeness (QED) is 0.120. The zero-order valence-electron chi connectivity index (χ0n) is 29.2. The van der Waals surface area contributed by atoms with Crippen LogP contribution in [0.2, 0.25) is 0 Å². The van der Waals surface area contributed by atoms with E-state index in [2.05, 4.69) is 117 Å². The number of unbranched alkanes of at least 4 members (excludes halogenated alkanes) is 2. The highest BCUT2D eigenvalue weighted by molar-refractivity contribution is 8.03. The van der Waals surface area contributed by atoms with Gasteiger partial charge in [0.25, 0.3) is 0 Å². The molecule has 6 rings (SSSR count). The van der Waals surface area contributed by atoms with Crippen molar-refractivity contribution in [2.75, 3.05) is 29.1 Å². The van der Waals surface area contributed by atoms with Crippen molar-refractivity contribution in [1.29, 1.82) is 0 Å². The summed E-state index contributed by atoms with van der Waals surface area (Å²) in [4.78, 5) is 30.1. The predicted molar refractivity (Wildman–Crippen MR) is 202 cm³/mol. The van der Waals surface area contributed by atoms with Crippen LogP contribution in [0.5, 0.6) is 0 Å². The van der Waals surface area contributed by atoms with E-state index in [0.29, 0.717) is 6.42 Å². The molecule has 3 aromatic rings. The molecule has 5 nitrogen and oxygen atoms in total. The largest absolute Gasteiger partial charge is 0.344 e. The Morgan fingerprint density at radius 2 is 1.52 bits per heavy atom. The van der Waals surface area contributed by atoms with Crippen LogP contribution >= 0.6 is 11.8 Å². The highest BCUT2D eigenvalue weighted by Gasteiger charge is 2.46. The first kappa shape index (κ1) is 33.7. The SMILES string of the molecule is CCN1C(=CC2=C(SCCCCCC(=O)Nc3ccccc3)C(=CC3=[N+](CC)c4ccccc4C3(C)C)C2=O)C(C)(C)c2ccccc21. The molecule has 0 atom stereocenters. The van der Waals surface area contributed by atoms with Crippen LogP contribution in [-0.2, 0) is 20.4 Å². The van der Waals surface area contributed by atoms with Crippen LogP contribution in [0.4, 0.5) is 17.1 Å². The highest BCUT2D eigenvalue weighted by atomic mass is 32.2. The maximum Gasteiger partial charge on any atom is 0.224 e. The molecule has 248 valence electrons. The van der Waals surface area contributed by atoms with Crippen LogP contribution in [0.1, 0.15) is 78.4 Å². The fourth-order valence-corrected chi connectivity index (χ4v) is 8.66. The Bertz CT molecular complexity index is 1860. The lowest BCUT2D eigenvalue weighted by Crippen LogP contribution is -2.31. The van der Waals surface area contributed by atoms with E-state index in [0.717, 1.165) is 59.8 Å². The molecule has 6 heteroatoms. The van der Waals surface area contributed by atoms with Gasteiger partial charge in [-0.25, -0.2) is 0 Å². The zero-order chi connectivity index (χ0) is 34.1. The van der Waals surface area contributed by atoms with Gasteiger partial charge in [0.05, 0.1) is 5.41 Å². The number of benzene rings is 3. The molecule has 3 aromatic carbocycles. The molecule has 0 unspecified atom stereocenters. The number of thioether (sulfide) groups is 1. The normalized spacial score (nSPS) is 19.2. The second-order valence-electron chi connectivity index (χ2n) is 13.9. The summed E-state index contributed by atoms with van der Waals surface area (Å²) >= 11 is 1.79. The molecule has 1 amide bonds. The number of fused-ring (bicyclic) bond motifs is 2. The van der Waals surface area contributed by atoms with Crippen molar-refractivity contribution in [2.45, 2.75) is 78.1 Å². The molecule has 2 aliphatic heterocycles. The summed E-state index contributed by atoms with van der Waals surface area (Å²) in [6.07, 6.45) is 7.63. The molecule has 0 aromatic heterocycles. The summed E-state index contributed by atoms with van der Waals surface area (Å²) in [7, 11) is 0. The highest BCUT2D eigenvalue weighted by Crippen LogP contribution is 2.50. The molecular weight excluding hydrogens is 611 g/mol. The van der Waals surface area contributed by atoms with Crippen molar-refractivity contribution >= 4 is 46.2 Å². The number of carbonyl (C=O) groups is 2. The van der Waals surface area contributed by atoms with Gasteiger partial charge in [-0.2, -0.15) is 4.58 Å². The summed E-state index contributed by atoms with van der Waals surface area (Å²) in [5.41, 5.74) is 9.45.